The standard InChI is InChI=1S/C14H18N2O2S2/c1-10(2)13-9-19-14(16-13)8-15-20(17,18)12-6-4-11(3)5-7-12/h4-7,9-10,15H,8H2,1-3H3. The molecule has 1 aromatic carbocycles. The first-order chi connectivity index (χ1) is 9.38. The molecular formula is C14H18N2O2S2. The number of hydrogen-bond acceptors (Lipinski definition) is 4. The molecule has 1 aromatic heterocycles. The van der Waals surface area contributed by atoms with Gasteiger partial charge in [0.25, 0.3) is 0 Å². The van der Waals surface area contributed by atoms with E-state index < -0.39 is 10.0 Å². The Kier molecular flexibility index (Phi) is 4.57. The Labute approximate surface area is 123 Å². The van der Waals surface area contributed by atoms with Crippen LogP contribution in [0.15, 0.2) is 34.5 Å². The van der Waals surface area contributed by atoms with Gasteiger partial charge in [0.1, 0.15) is 5.01 Å². The highest BCUT2D eigenvalue weighted by molar-refractivity contribution is 7.89. The first kappa shape index (κ1) is 15.2. The normalized spacial score (nSPS) is 12.0. The number of aromatic nitrogens is 1. The van der Waals surface area contributed by atoms with E-state index in [2.05, 4.69) is 23.6 Å². The van der Waals surface area contributed by atoms with E-state index in [-0.39, 0.29) is 11.4 Å². The van der Waals surface area contributed by atoms with Gasteiger partial charge in [-0.15, -0.1) is 11.3 Å². The Bertz CT molecular complexity index is 673. The van der Waals surface area contributed by atoms with Crippen LogP contribution in [-0.4, -0.2) is 13.4 Å². The number of hydrogen-bond donors (Lipinski definition) is 1. The molecule has 2 aromatic rings. The van der Waals surface area contributed by atoms with Gasteiger partial charge in [0.05, 0.1) is 17.1 Å². The number of rotatable bonds is 5. The Morgan fingerprint density at radius 3 is 2.45 bits per heavy atom. The van der Waals surface area contributed by atoms with Gasteiger partial charge in [0, 0.05) is 5.38 Å². The quantitative estimate of drug-likeness (QED) is 0.923. The highest BCUT2D eigenvalue weighted by Crippen LogP contribution is 2.18. The van der Waals surface area contributed by atoms with E-state index in [0.717, 1.165) is 16.3 Å². The molecular weight excluding hydrogens is 292 g/mol. The van der Waals surface area contributed by atoms with Gasteiger partial charge >= 0.3 is 0 Å². The van der Waals surface area contributed by atoms with Crippen molar-refractivity contribution in [3.8, 4) is 0 Å². The third-order valence-electron chi connectivity index (χ3n) is 2.91. The van der Waals surface area contributed by atoms with Crippen LogP contribution in [-0.2, 0) is 16.6 Å². The number of benzene rings is 1. The third-order valence-corrected chi connectivity index (χ3v) is 5.19. The maximum Gasteiger partial charge on any atom is 0.240 e. The Morgan fingerprint density at radius 1 is 1.25 bits per heavy atom. The van der Waals surface area contributed by atoms with Crippen LogP contribution >= 0.6 is 11.3 Å². The summed E-state index contributed by atoms with van der Waals surface area (Å²) in [7, 11) is -3.47. The van der Waals surface area contributed by atoms with Crippen LogP contribution in [0.3, 0.4) is 0 Å². The molecule has 0 aliphatic rings. The lowest BCUT2D eigenvalue weighted by molar-refractivity contribution is 0.581. The van der Waals surface area contributed by atoms with E-state index in [4.69, 9.17) is 0 Å². The van der Waals surface area contributed by atoms with Gasteiger partial charge < -0.3 is 0 Å². The SMILES string of the molecule is Cc1ccc(S(=O)(=O)NCc2nc(C(C)C)cs2)cc1. The molecule has 0 fully saturated rings. The molecule has 0 radical (unpaired) electrons. The average Bonchev–Trinajstić information content (AvgIpc) is 2.86. The predicted molar refractivity (Wildman–Crippen MR) is 81.4 cm³/mol. The predicted octanol–water partition coefficient (Wildman–Crippen LogP) is 3.05. The maximum absolute atomic E-state index is 12.1. The summed E-state index contributed by atoms with van der Waals surface area (Å²) in [6.07, 6.45) is 0. The van der Waals surface area contributed by atoms with Crippen LogP contribution in [0.2, 0.25) is 0 Å². The molecule has 6 heteroatoms. The minimum Gasteiger partial charge on any atom is -0.245 e. The fourth-order valence-corrected chi connectivity index (χ4v) is 3.60. The molecule has 2 rings (SSSR count). The molecule has 0 spiro atoms. The zero-order valence-electron chi connectivity index (χ0n) is 11.8. The number of sulfonamides is 1. The van der Waals surface area contributed by atoms with Gasteiger partial charge in [-0.25, -0.2) is 18.1 Å². The Balaban J connectivity index is 2.07. The topological polar surface area (TPSA) is 59.1 Å². The van der Waals surface area contributed by atoms with E-state index in [1.165, 1.54) is 11.3 Å². The minimum atomic E-state index is -3.47. The van der Waals surface area contributed by atoms with Crippen molar-refractivity contribution in [1.82, 2.24) is 9.71 Å². The second-order valence-electron chi connectivity index (χ2n) is 4.96. The Hall–Kier alpha value is -1.24. The summed E-state index contributed by atoms with van der Waals surface area (Å²) in [6, 6.07) is 6.79. The van der Waals surface area contributed by atoms with Crippen molar-refractivity contribution in [3.63, 3.8) is 0 Å². The van der Waals surface area contributed by atoms with Crippen LogP contribution in [0.4, 0.5) is 0 Å². The monoisotopic (exact) mass is 310 g/mol. The van der Waals surface area contributed by atoms with E-state index in [0.29, 0.717) is 5.92 Å². The number of nitrogens with zero attached hydrogens (tertiary/aromatic N) is 1. The largest absolute Gasteiger partial charge is 0.245 e. The summed E-state index contributed by atoms with van der Waals surface area (Å²) in [5.74, 6) is 0.355. The zero-order valence-corrected chi connectivity index (χ0v) is 13.4. The second kappa shape index (κ2) is 6.03. The molecule has 0 aliphatic heterocycles. The lowest BCUT2D eigenvalue weighted by Crippen LogP contribution is -2.23. The molecule has 0 saturated heterocycles. The van der Waals surface area contributed by atoms with E-state index in [9.17, 15) is 8.42 Å². The molecule has 0 unspecified atom stereocenters. The van der Waals surface area contributed by atoms with Gasteiger partial charge in [-0.2, -0.15) is 0 Å². The van der Waals surface area contributed by atoms with Gasteiger partial charge in [-0.05, 0) is 25.0 Å². The van der Waals surface area contributed by atoms with E-state index >= 15 is 0 Å². The second-order valence-corrected chi connectivity index (χ2v) is 7.67. The van der Waals surface area contributed by atoms with Crippen LogP contribution in [0.25, 0.3) is 0 Å². The first-order valence-corrected chi connectivity index (χ1v) is 8.75. The molecule has 0 atom stereocenters. The summed E-state index contributed by atoms with van der Waals surface area (Å²) in [5.41, 5.74) is 2.03. The average molecular weight is 310 g/mol. The molecule has 0 saturated carbocycles. The van der Waals surface area contributed by atoms with Crippen molar-refractivity contribution in [2.45, 2.75) is 38.1 Å². The van der Waals surface area contributed by atoms with Crippen LogP contribution < -0.4 is 4.72 Å². The fourth-order valence-electron chi connectivity index (χ4n) is 1.63. The first-order valence-electron chi connectivity index (χ1n) is 6.39. The van der Waals surface area contributed by atoms with Crippen LogP contribution in [0, 0.1) is 6.92 Å². The van der Waals surface area contributed by atoms with Crippen molar-refractivity contribution in [2.24, 2.45) is 0 Å². The van der Waals surface area contributed by atoms with Crippen molar-refractivity contribution >= 4 is 21.4 Å². The van der Waals surface area contributed by atoms with Crippen molar-refractivity contribution < 1.29 is 8.42 Å². The molecule has 0 amide bonds. The van der Waals surface area contributed by atoms with Crippen molar-refractivity contribution in [3.05, 3.63) is 45.9 Å². The summed E-state index contributed by atoms with van der Waals surface area (Å²) in [6.45, 7) is 6.28. The van der Waals surface area contributed by atoms with Gasteiger partial charge in [-0.1, -0.05) is 31.5 Å². The fraction of sp³-hybridized carbons (Fsp3) is 0.357. The van der Waals surface area contributed by atoms with E-state index in [1.54, 1.807) is 24.3 Å². The number of thiazole rings is 1. The van der Waals surface area contributed by atoms with Gasteiger partial charge in [-0.3, -0.25) is 0 Å². The lowest BCUT2D eigenvalue weighted by atomic mass is 10.2. The molecule has 1 N–H and O–H groups in total. The van der Waals surface area contributed by atoms with Gasteiger partial charge in [0.15, 0.2) is 0 Å². The Morgan fingerprint density at radius 2 is 1.90 bits per heavy atom. The molecule has 4 nitrogen and oxygen atoms in total. The lowest BCUT2D eigenvalue weighted by Gasteiger charge is -2.05. The van der Waals surface area contributed by atoms with Crippen LogP contribution in [0.5, 0.6) is 0 Å². The number of aryl methyl sites for hydroxylation is 1. The third kappa shape index (κ3) is 3.65. The van der Waals surface area contributed by atoms with Crippen molar-refractivity contribution in [2.75, 3.05) is 0 Å². The molecule has 108 valence electrons. The molecule has 0 aliphatic carbocycles. The van der Waals surface area contributed by atoms with E-state index in [1.807, 2.05) is 12.3 Å². The molecule has 1 heterocycles. The van der Waals surface area contributed by atoms with Gasteiger partial charge in [0.2, 0.25) is 10.0 Å². The maximum atomic E-state index is 12.1. The summed E-state index contributed by atoms with van der Waals surface area (Å²) < 4.78 is 26.8. The summed E-state index contributed by atoms with van der Waals surface area (Å²) >= 11 is 1.48. The molecule has 20 heavy (non-hydrogen) atoms. The molecule has 0 bridgehead atoms. The summed E-state index contributed by atoms with van der Waals surface area (Å²) in [5, 5.41) is 2.75. The highest BCUT2D eigenvalue weighted by atomic mass is 32.2. The highest BCUT2D eigenvalue weighted by Gasteiger charge is 2.14. The smallest absolute Gasteiger partial charge is 0.240 e. The zero-order chi connectivity index (χ0) is 14.8. The van der Waals surface area contributed by atoms with Crippen molar-refractivity contribution in [1.29, 1.82) is 0 Å². The number of nitrogens with one attached hydrogen (secondary N) is 1. The van der Waals surface area contributed by atoms with Crippen LogP contribution in [0.1, 0.15) is 36.0 Å². The minimum absolute atomic E-state index is 0.230. The summed E-state index contributed by atoms with van der Waals surface area (Å²) in [4.78, 5) is 4.69.